The van der Waals surface area contributed by atoms with Gasteiger partial charge in [0.25, 0.3) is 5.91 Å². The van der Waals surface area contributed by atoms with E-state index < -0.39 is 0 Å². The van der Waals surface area contributed by atoms with Crippen LogP contribution in [0, 0.1) is 11.7 Å². The molecule has 2 heterocycles. The zero-order valence-corrected chi connectivity index (χ0v) is 11.4. The molecule has 3 rings (SSSR count). The highest BCUT2D eigenvalue weighted by atomic mass is 79.9. The van der Waals surface area contributed by atoms with Gasteiger partial charge in [0.2, 0.25) is 0 Å². The summed E-state index contributed by atoms with van der Waals surface area (Å²) in [6, 6.07) is 4.85. The first kappa shape index (κ1) is 12.1. The Labute approximate surface area is 113 Å². The lowest BCUT2D eigenvalue weighted by Crippen LogP contribution is -2.39. The summed E-state index contributed by atoms with van der Waals surface area (Å²) in [6.07, 6.45) is 1.04. The van der Waals surface area contributed by atoms with E-state index in [0.717, 1.165) is 26.1 Å². The van der Waals surface area contributed by atoms with Crippen molar-refractivity contribution in [1.82, 2.24) is 10.2 Å². The maximum atomic E-state index is 13.5. The predicted molar refractivity (Wildman–Crippen MR) is 69.9 cm³/mol. The third kappa shape index (κ3) is 1.95. The topological polar surface area (TPSA) is 32.3 Å². The number of rotatable bonds is 1. The van der Waals surface area contributed by atoms with Crippen molar-refractivity contribution in [3.63, 3.8) is 0 Å². The molecule has 1 amide bonds. The molecule has 2 aliphatic heterocycles. The summed E-state index contributed by atoms with van der Waals surface area (Å²) in [4.78, 5) is 14.3. The summed E-state index contributed by atoms with van der Waals surface area (Å²) in [5.41, 5.74) is 0.434. The Balaban J connectivity index is 1.84. The van der Waals surface area contributed by atoms with E-state index in [4.69, 9.17) is 0 Å². The van der Waals surface area contributed by atoms with Crippen LogP contribution >= 0.6 is 15.9 Å². The van der Waals surface area contributed by atoms with Crippen LogP contribution in [0.25, 0.3) is 0 Å². The average Bonchev–Trinajstić information content (AvgIpc) is 2.93. The lowest BCUT2D eigenvalue weighted by molar-refractivity contribution is 0.0736. The van der Waals surface area contributed by atoms with Gasteiger partial charge in [-0.05, 0) is 46.5 Å². The van der Waals surface area contributed by atoms with Crippen LogP contribution in [0.2, 0.25) is 0 Å². The molecular weight excluding hydrogens is 299 g/mol. The van der Waals surface area contributed by atoms with Crippen LogP contribution in [0.5, 0.6) is 0 Å². The summed E-state index contributed by atoms with van der Waals surface area (Å²) in [7, 11) is 0. The Kier molecular flexibility index (Phi) is 3.11. The molecule has 3 nitrogen and oxygen atoms in total. The van der Waals surface area contributed by atoms with E-state index >= 15 is 0 Å². The maximum absolute atomic E-state index is 13.5. The van der Waals surface area contributed by atoms with Gasteiger partial charge >= 0.3 is 0 Å². The molecule has 0 spiro atoms. The second-order valence-electron chi connectivity index (χ2n) is 4.90. The van der Waals surface area contributed by atoms with Gasteiger partial charge in [-0.25, -0.2) is 4.39 Å². The van der Waals surface area contributed by atoms with Crippen LogP contribution in [-0.4, -0.2) is 36.5 Å². The van der Waals surface area contributed by atoms with Crippen LogP contribution in [0.1, 0.15) is 16.8 Å². The highest BCUT2D eigenvalue weighted by Crippen LogP contribution is 2.29. The van der Waals surface area contributed by atoms with E-state index in [9.17, 15) is 9.18 Å². The molecule has 1 aromatic rings. The summed E-state index contributed by atoms with van der Waals surface area (Å²) in [5, 5.41) is 3.31. The normalized spacial score (nSPS) is 26.4. The molecule has 1 N–H and O–H groups in total. The van der Waals surface area contributed by atoms with Crippen molar-refractivity contribution in [2.24, 2.45) is 5.92 Å². The van der Waals surface area contributed by atoms with Gasteiger partial charge in [-0.3, -0.25) is 4.79 Å². The summed E-state index contributed by atoms with van der Waals surface area (Å²) >= 11 is 3.10. The van der Waals surface area contributed by atoms with Crippen LogP contribution in [-0.2, 0) is 0 Å². The first-order valence-corrected chi connectivity index (χ1v) is 6.93. The van der Waals surface area contributed by atoms with Gasteiger partial charge in [-0.15, -0.1) is 0 Å². The van der Waals surface area contributed by atoms with Crippen LogP contribution in [0.4, 0.5) is 4.39 Å². The number of nitrogens with zero attached hydrogens (tertiary/aromatic N) is 1. The molecule has 96 valence electrons. The molecule has 0 bridgehead atoms. The van der Waals surface area contributed by atoms with E-state index in [1.54, 1.807) is 12.1 Å². The molecule has 2 aliphatic rings. The molecule has 1 aromatic carbocycles. The molecule has 2 fully saturated rings. The fourth-order valence-corrected chi connectivity index (χ4v) is 3.14. The van der Waals surface area contributed by atoms with Crippen LogP contribution in [0.15, 0.2) is 22.7 Å². The Bertz CT molecular complexity index is 494. The largest absolute Gasteiger partial charge is 0.334 e. The molecule has 5 heteroatoms. The number of nitrogens with one attached hydrogen (secondary N) is 1. The second-order valence-corrected chi connectivity index (χ2v) is 5.76. The van der Waals surface area contributed by atoms with E-state index in [1.165, 1.54) is 6.07 Å². The number of amides is 1. The molecular formula is C13H14BrFN2O. The summed E-state index contributed by atoms with van der Waals surface area (Å²) in [5.74, 6) is 0.119. The minimum atomic E-state index is -0.388. The van der Waals surface area contributed by atoms with Gasteiger partial charge < -0.3 is 10.2 Å². The number of carbonyl (C=O) groups is 1. The standard InChI is InChI=1S/C13H14BrFN2O/c14-10-2-1-8(5-11(10)15)13(18)17-4-3-9-6-16-7-12(9)17/h1-2,5,9,12,16H,3-4,6-7H2/t9-,12+/m0/s1. The Morgan fingerprint density at radius 1 is 1.44 bits per heavy atom. The number of fused-ring (bicyclic) bond motifs is 1. The lowest BCUT2D eigenvalue weighted by atomic mass is 10.0. The molecule has 0 radical (unpaired) electrons. The summed E-state index contributed by atoms with van der Waals surface area (Å²) < 4.78 is 13.9. The number of likely N-dealkylation sites (tertiary alicyclic amines) is 1. The molecule has 2 atom stereocenters. The van der Waals surface area contributed by atoms with Crippen LogP contribution < -0.4 is 5.32 Å². The fraction of sp³-hybridized carbons (Fsp3) is 0.462. The zero-order chi connectivity index (χ0) is 12.7. The van der Waals surface area contributed by atoms with Crippen LogP contribution in [0.3, 0.4) is 0 Å². The quantitative estimate of drug-likeness (QED) is 0.860. The Hall–Kier alpha value is -0.940. The summed E-state index contributed by atoms with van der Waals surface area (Å²) in [6.45, 7) is 2.63. The third-order valence-corrected chi connectivity index (χ3v) is 4.52. The van der Waals surface area contributed by atoms with Gasteiger partial charge in [0.15, 0.2) is 0 Å². The minimum absolute atomic E-state index is 0.0578. The fourth-order valence-electron chi connectivity index (χ4n) is 2.90. The molecule has 0 aromatic heterocycles. The third-order valence-electron chi connectivity index (χ3n) is 3.87. The number of hydrogen-bond acceptors (Lipinski definition) is 2. The molecule has 18 heavy (non-hydrogen) atoms. The zero-order valence-electron chi connectivity index (χ0n) is 9.83. The predicted octanol–water partition coefficient (Wildman–Crippen LogP) is 2.02. The second kappa shape index (κ2) is 4.63. The smallest absolute Gasteiger partial charge is 0.254 e. The van der Waals surface area contributed by atoms with Crippen molar-refractivity contribution in [2.75, 3.05) is 19.6 Å². The minimum Gasteiger partial charge on any atom is -0.334 e. The monoisotopic (exact) mass is 312 g/mol. The van der Waals surface area contributed by atoms with Gasteiger partial charge in [0.05, 0.1) is 4.47 Å². The van der Waals surface area contributed by atoms with Gasteiger partial charge in [0, 0.05) is 31.2 Å². The first-order valence-electron chi connectivity index (χ1n) is 6.13. The Morgan fingerprint density at radius 2 is 2.28 bits per heavy atom. The highest BCUT2D eigenvalue weighted by Gasteiger charge is 2.40. The van der Waals surface area contributed by atoms with Crippen molar-refractivity contribution >= 4 is 21.8 Å². The van der Waals surface area contributed by atoms with Crippen molar-refractivity contribution in [2.45, 2.75) is 12.5 Å². The van der Waals surface area contributed by atoms with E-state index in [2.05, 4.69) is 21.2 Å². The van der Waals surface area contributed by atoms with E-state index in [1.807, 2.05) is 4.90 Å². The average molecular weight is 313 g/mol. The molecule has 0 aliphatic carbocycles. The number of hydrogen-bond donors (Lipinski definition) is 1. The van der Waals surface area contributed by atoms with Gasteiger partial charge in [-0.1, -0.05) is 0 Å². The number of benzene rings is 1. The first-order chi connectivity index (χ1) is 8.66. The molecule has 2 saturated heterocycles. The maximum Gasteiger partial charge on any atom is 0.254 e. The lowest BCUT2D eigenvalue weighted by Gasteiger charge is -2.23. The number of carbonyl (C=O) groups excluding carboxylic acids is 1. The van der Waals surface area contributed by atoms with Gasteiger partial charge in [0.1, 0.15) is 5.82 Å². The van der Waals surface area contributed by atoms with Crippen molar-refractivity contribution in [1.29, 1.82) is 0 Å². The van der Waals surface area contributed by atoms with Gasteiger partial charge in [-0.2, -0.15) is 0 Å². The SMILES string of the molecule is O=C(c1ccc(Br)c(F)c1)N1CC[C@H]2CNC[C@H]21. The number of halogens is 2. The highest BCUT2D eigenvalue weighted by molar-refractivity contribution is 9.10. The van der Waals surface area contributed by atoms with Crippen molar-refractivity contribution < 1.29 is 9.18 Å². The van der Waals surface area contributed by atoms with E-state index in [0.29, 0.717) is 16.0 Å². The van der Waals surface area contributed by atoms with Crippen molar-refractivity contribution in [3.8, 4) is 0 Å². The van der Waals surface area contributed by atoms with E-state index in [-0.39, 0.29) is 17.8 Å². The Morgan fingerprint density at radius 3 is 3.06 bits per heavy atom. The molecule has 0 unspecified atom stereocenters. The molecule has 0 saturated carbocycles. The van der Waals surface area contributed by atoms with Crippen molar-refractivity contribution in [3.05, 3.63) is 34.1 Å².